The van der Waals surface area contributed by atoms with E-state index in [2.05, 4.69) is 10.3 Å². The molecule has 28 heavy (non-hydrogen) atoms. The summed E-state index contributed by atoms with van der Waals surface area (Å²) in [7, 11) is 0. The van der Waals surface area contributed by atoms with Gasteiger partial charge in [-0.05, 0) is 47.3 Å². The Balaban J connectivity index is 1.77. The van der Waals surface area contributed by atoms with Gasteiger partial charge in [-0.1, -0.05) is 29.8 Å². The molecule has 0 radical (unpaired) electrons. The maximum Gasteiger partial charge on any atom is 0.252 e. The van der Waals surface area contributed by atoms with Crippen LogP contribution in [0.25, 0.3) is 10.9 Å². The van der Waals surface area contributed by atoms with Gasteiger partial charge in [0, 0.05) is 26.9 Å². The summed E-state index contributed by atoms with van der Waals surface area (Å²) in [6.45, 7) is 0. The third-order valence-electron chi connectivity index (χ3n) is 4.36. The lowest BCUT2D eigenvalue weighted by molar-refractivity contribution is 0.0945. The number of hydrogen-bond donors (Lipinski definition) is 2. The van der Waals surface area contributed by atoms with Crippen LogP contribution in [0.4, 0.5) is 4.39 Å². The van der Waals surface area contributed by atoms with Crippen molar-refractivity contribution in [2.45, 2.75) is 6.04 Å². The minimum Gasteiger partial charge on any atom is -0.340 e. The number of aromatic nitrogens is 1. The molecular weight excluding hydrogens is 399 g/mol. The Morgan fingerprint density at radius 1 is 1.11 bits per heavy atom. The summed E-state index contributed by atoms with van der Waals surface area (Å²) in [5.74, 6) is -0.948. The standard InChI is InChI=1S/C21H14ClFN2O2S/c22-13-5-3-12(4-6-13)20(18-2-1-9-28-18)25-21(27)16-11-19(26)24-17-8-7-14(23)10-15(16)17/h1-11,20H,(H,24,26)(H,25,27). The number of pyridine rings is 1. The summed E-state index contributed by atoms with van der Waals surface area (Å²) in [5, 5.41) is 5.82. The number of nitrogens with one attached hydrogen (secondary N) is 2. The molecule has 4 rings (SSSR count). The van der Waals surface area contributed by atoms with Crippen LogP contribution in [0.5, 0.6) is 0 Å². The molecule has 0 bridgehead atoms. The second-order valence-electron chi connectivity index (χ2n) is 6.21. The van der Waals surface area contributed by atoms with Gasteiger partial charge in [-0.15, -0.1) is 11.3 Å². The lowest BCUT2D eigenvalue weighted by Gasteiger charge is -2.19. The van der Waals surface area contributed by atoms with Crippen LogP contribution in [0.1, 0.15) is 26.8 Å². The van der Waals surface area contributed by atoms with Crippen LogP contribution < -0.4 is 10.9 Å². The highest BCUT2D eigenvalue weighted by molar-refractivity contribution is 7.10. The molecule has 0 fully saturated rings. The normalized spacial score (nSPS) is 12.1. The highest BCUT2D eigenvalue weighted by atomic mass is 35.5. The first kappa shape index (κ1) is 18.4. The lowest BCUT2D eigenvalue weighted by Crippen LogP contribution is -2.30. The van der Waals surface area contributed by atoms with E-state index in [1.165, 1.54) is 35.6 Å². The average Bonchev–Trinajstić information content (AvgIpc) is 3.21. The van der Waals surface area contributed by atoms with E-state index in [1.807, 2.05) is 29.6 Å². The molecule has 2 aromatic carbocycles. The molecule has 140 valence electrons. The van der Waals surface area contributed by atoms with Crippen molar-refractivity contribution < 1.29 is 9.18 Å². The first-order valence-electron chi connectivity index (χ1n) is 8.43. The Kier molecular flexibility index (Phi) is 4.98. The number of H-pyrrole nitrogens is 1. The fraction of sp³-hybridized carbons (Fsp3) is 0.0476. The van der Waals surface area contributed by atoms with E-state index in [1.54, 1.807) is 12.1 Å². The SMILES string of the molecule is O=C(NC(c1ccc(Cl)cc1)c1cccs1)c1cc(=O)[nH]c2ccc(F)cc12. The fourth-order valence-electron chi connectivity index (χ4n) is 3.05. The van der Waals surface area contributed by atoms with Crippen molar-refractivity contribution in [3.8, 4) is 0 Å². The molecule has 4 nitrogen and oxygen atoms in total. The molecule has 4 aromatic rings. The van der Waals surface area contributed by atoms with Gasteiger partial charge in [0.15, 0.2) is 0 Å². The minimum absolute atomic E-state index is 0.119. The second kappa shape index (κ2) is 7.58. The maximum atomic E-state index is 13.7. The monoisotopic (exact) mass is 412 g/mol. The molecule has 0 aliphatic heterocycles. The third-order valence-corrected chi connectivity index (χ3v) is 5.55. The summed E-state index contributed by atoms with van der Waals surface area (Å²) in [5.41, 5.74) is 0.941. The molecule has 0 saturated heterocycles. The molecule has 2 aromatic heterocycles. The first-order chi connectivity index (χ1) is 13.5. The van der Waals surface area contributed by atoms with Crippen molar-refractivity contribution >= 4 is 39.7 Å². The van der Waals surface area contributed by atoms with Crippen LogP contribution in [-0.2, 0) is 0 Å². The van der Waals surface area contributed by atoms with E-state index >= 15 is 0 Å². The van der Waals surface area contributed by atoms with Crippen molar-refractivity contribution in [1.29, 1.82) is 0 Å². The van der Waals surface area contributed by atoms with Gasteiger partial charge in [-0.3, -0.25) is 9.59 Å². The molecule has 7 heteroatoms. The largest absolute Gasteiger partial charge is 0.340 e. The van der Waals surface area contributed by atoms with Crippen LogP contribution in [0.2, 0.25) is 5.02 Å². The predicted octanol–water partition coefficient (Wildman–Crippen LogP) is 4.90. The smallest absolute Gasteiger partial charge is 0.252 e. The van der Waals surface area contributed by atoms with Gasteiger partial charge < -0.3 is 10.3 Å². The number of carbonyl (C=O) groups excluding carboxylic acids is 1. The number of aromatic amines is 1. The summed E-state index contributed by atoms with van der Waals surface area (Å²) in [4.78, 5) is 28.6. The number of benzene rings is 2. The van der Waals surface area contributed by atoms with E-state index in [0.29, 0.717) is 15.9 Å². The molecule has 1 amide bonds. The Bertz CT molecular complexity index is 1200. The van der Waals surface area contributed by atoms with Gasteiger partial charge in [-0.25, -0.2) is 4.39 Å². The van der Waals surface area contributed by atoms with Gasteiger partial charge in [0.1, 0.15) is 5.82 Å². The van der Waals surface area contributed by atoms with Crippen molar-refractivity contribution in [1.82, 2.24) is 10.3 Å². The van der Waals surface area contributed by atoms with Crippen LogP contribution >= 0.6 is 22.9 Å². The number of amides is 1. The Labute approximate surface area is 168 Å². The Morgan fingerprint density at radius 2 is 1.89 bits per heavy atom. The molecule has 0 aliphatic rings. The predicted molar refractivity (Wildman–Crippen MR) is 110 cm³/mol. The number of carbonyl (C=O) groups is 1. The van der Waals surface area contributed by atoms with Crippen LogP contribution in [0, 0.1) is 5.82 Å². The van der Waals surface area contributed by atoms with E-state index in [-0.39, 0.29) is 5.56 Å². The van der Waals surface area contributed by atoms with E-state index < -0.39 is 23.3 Å². The lowest BCUT2D eigenvalue weighted by atomic mass is 10.0. The van der Waals surface area contributed by atoms with E-state index in [4.69, 9.17) is 11.6 Å². The summed E-state index contributed by atoms with van der Waals surface area (Å²) < 4.78 is 13.7. The number of rotatable bonds is 4. The first-order valence-corrected chi connectivity index (χ1v) is 9.69. The zero-order valence-corrected chi connectivity index (χ0v) is 16.0. The van der Waals surface area contributed by atoms with Crippen molar-refractivity contribution in [3.05, 3.63) is 103 Å². The number of halogens is 2. The summed E-state index contributed by atoms with van der Waals surface area (Å²) in [6.07, 6.45) is 0. The van der Waals surface area contributed by atoms with E-state index in [9.17, 15) is 14.0 Å². The van der Waals surface area contributed by atoms with Crippen molar-refractivity contribution in [3.63, 3.8) is 0 Å². The third kappa shape index (κ3) is 3.69. The van der Waals surface area contributed by atoms with Crippen molar-refractivity contribution in [2.75, 3.05) is 0 Å². The molecule has 1 atom stereocenters. The highest BCUT2D eigenvalue weighted by Crippen LogP contribution is 2.28. The summed E-state index contributed by atoms with van der Waals surface area (Å²) in [6, 6.07) is 15.7. The topological polar surface area (TPSA) is 62.0 Å². The Hall–Kier alpha value is -2.96. The van der Waals surface area contributed by atoms with Gasteiger partial charge in [0.25, 0.3) is 5.91 Å². The Morgan fingerprint density at radius 3 is 2.61 bits per heavy atom. The fourth-order valence-corrected chi connectivity index (χ4v) is 3.98. The molecule has 1 unspecified atom stereocenters. The quantitative estimate of drug-likeness (QED) is 0.500. The van der Waals surface area contributed by atoms with Crippen LogP contribution in [0.15, 0.2) is 70.8 Å². The van der Waals surface area contributed by atoms with Gasteiger partial charge in [0.05, 0.1) is 11.6 Å². The second-order valence-corrected chi connectivity index (χ2v) is 7.63. The van der Waals surface area contributed by atoms with Gasteiger partial charge >= 0.3 is 0 Å². The number of thiophene rings is 1. The van der Waals surface area contributed by atoms with Crippen LogP contribution in [-0.4, -0.2) is 10.9 Å². The number of fused-ring (bicyclic) bond motifs is 1. The summed E-state index contributed by atoms with van der Waals surface area (Å²) >= 11 is 7.48. The molecule has 0 saturated carbocycles. The zero-order valence-electron chi connectivity index (χ0n) is 14.4. The maximum absolute atomic E-state index is 13.7. The van der Waals surface area contributed by atoms with Gasteiger partial charge in [-0.2, -0.15) is 0 Å². The average molecular weight is 413 g/mol. The van der Waals surface area contributed by atoms with Crippen molar-refractivity contribution in [2.24, 2.45) is 0 Å². The molecule has 2 heterocycles. The van der Waals surface area contributed by atoms with E-state index in [0.717, 1.165) is 10.4 Å². The molecule has 0 aliphatic carbocycles. The molecular formula is C21H14ClFN2O2S. The van der Waals surface area contributed by atoms with Gasteiger partial charge in [0.2, 0.25) is 5.56 Å². The molecule has 2 N–H and O–H groups in total. The highest BCUT2D eigenvalue weighted by Gasteiger charge is 2.21. The molecule has 0 spiro atoms. The number of hydrogen-bond acceptors (Lipinski definition) is 3. The zero-order chi connectivity index (χ0) is 19.7. The van der Waals surface area contributed by atoms with Crippen LogP contribution in [0.3, 0.4) is 0 Å². The minimum atomic E-state index is -0.485.